The van der Waals surface area contributed by atoms with Gasteiger partial charge in [0.1, 0.15) is 0 Å². The Balaban J connectivity index is 4.24. The lowest BCUT2D eigenvalue weighted by molar-refractivity contribution is -0.525. The summed E-state index contributed by atoms with van der Waals surface area (Å²) in [5.74, 6) is 0. The Morgan fingerprint density at radius 3 is 2.41 bits per heavy atom. The molecule has 17 heavy (non-hydrogen) atoms. The molecule has 0 saturated heterocycles. The van der Waals surface area contributed by atoms with Crippen molar-refractivity contribution < 1.29 is 9.66 Å². The summed E-state index contributed by atoms with van der Waals surface area (Å²) in [6.45, 7) is 10.0. The van der Waals surface area contributed by atoms with E-state index in [1.54, 1.807) is 24.0 Å². The molecule has 1 unspecified atom stereocenters. The van der Waals surface area contributed by atoms with Crippen molar-refractivity contribution in [3.05, 3.63) is 35.4 Å². The van der Waals surface area contributed by atoms with E-state index in [1.165, 1.54) is 0 Å². The molecule has 0 radical (unpaired) electrons. The molecule has 0 rings (SSSR count). The Hall–Kier alpha value is -1.43. The molecule has 0 N–H and O–H groups in total. The first kappa shape index (κ1) is 15.6. The minimum Gasteiger partial charge on any atom is -0.464 e. The van der Waals surface area contributed by atoms with E-state index in [9.17, 15) is 10.1 Å². The molecule has 5 nitrogen and oxygen atoms in total. The summed E-state index contributed by atoms with van der Waals surface area (Å²) >= 11 is 5.04. The Bertz CT molecular complexity index is 284. The fourth-order valence-corrected chi connectivity index (χ4v) is 1.34. The van der Waals surface area contributed by atoms with E-state index in [2.05, 4.69) is 13.2 Å². The van der Waals surface area contributed by atoms with Crippen molar-refractivity contribution in [1.82, 2.24) is 4.90 Å². The molecule has 0 aliphatic carbocycles. The smallest absolute Gasteiger partial charge is 0.260 e. The summed E-state index contributed by atoms with van der Waals surface area (Å²) in [6, 6.07) is -0.720. The third-order valence-corrected chi connectivity index (χ3v) is 2.50. The average Bonchev–Trinajstić information content (AvgIpc) is 2.28. The molecule has 96 valence electrons. The molecular formula is C11H18N2O3S. The van der Waals surface area contributed by atoms with Crippen molar-refractivity contribution in [2.45, 2.75) is 19.4 Å². The van der Waals surface area contributed by atoms with Gasteiger partial charge in [0.05, 0.1) is 0 Å². The number of ether oxygens (including phenoxy) is 1. The minimum atomic E-state index is -0.720. The maximum atomic E-state index is 10.6. The van der Waals surface area contributed by atoms with Gasteiger partial charge in [-0.25, -0.2) is 0 Å². The van der Waals surface area contributed by atoms with E-state index < -0.39 is 6.04 Å². The summed E-state index contributed by atoms with van der Waals surface area (Å²) in [6.07, 6.45) is 3.78. The van der Waals surface area contributed by atoms with Gasteiger partial charge in [-0.1, -0.05) is 19.1 Å². The molecule has 6 heteroatoms. The van der Waals surface area contributed by atoms with Gasteiger partial charge in [0, 0.05) is 24.4 Å². The van der Waals surface area contributed by atoms with Crippen molar-refractivity contribution in [2.75, 3.05) is 19.7 Å². The second-order valence-corrected chi connectivity index (χ2v) is 3.76. The van der Waals surface area contributed by atoms with Gasteiger partial charge in [0.2, 0.25) is 6.04 Å². The molecule has 0 saturated carbocycles. The van der Waals surface area contributed by atoms with Crippen LogP contribution in [0.1, 0.15) is 13.3 Å². The van der Waals surface area contributed by atoms with Gasteiger partial charge in [-0.3, -0.25) is 10.1 Å². The SMILES string of the molecule is C=CCN(CC=C)C(=S)OCC(CC)[N+](=O)[O-]. The standard InChI is InChI=1S/C11H18N2O3S/c1-4-7-12(8-5-2)11(17)16-9-10(6-3)13(14)15/h4-5,10H,1-2,6-9H2,3H3. The molecule has 0 heterocycles. The first-order valence-electron chi connectivity index (χ1n) is 5.33. The zero-order chi connectivity index (χ0) is 13.3. The lowest BCUT2D eigenvalue weighted by Crippen LogP contribution is -2.35. The molecule has 0 aromatic rings. The molecule has 0 bridgehead atoms. The zero-order valence-corrected chi connectivity index (χ0v) is 10.8. The number of nitrogens with zero attached hydrogens (tertiary/aromatic N) is 2. The van der Waals surface area contributed by atoms with Crippen LogP contribution >= 0.6 is 12.2 Å². The van der Waals surface area contributed by atoms with Gasteiger partial charge < -0.3 is 9.64 Å². The fourth-order valence-electron chi connectivity index (χ4n) is 1.12. The zero-order valence-electron chi connectivity index (χ0n) is 10.0. The molecule has 0 fully saturated rings. The highest BCUT2D eigenvalue weighted by Gasteiger charge is 2.19. The monoisotopic (exact) mass is 258 g/mol. The molecule has 0 aliphatic rings. The van der Waals surface area contributed by atoms with Crippen LogP contribution in [0, 0.1) is 10.1 Å². The van der Waals surface area contributed by atoms with E-state index in [0.29, 0.717) is 19.5 Å². The Morgan fingerprint density at radius 1 is 1.53 bits per heavy atom. The summed E-state index contributed by atoms with van der Waals surface area (Å²) in [7, 11) is 0. The molecule has 0 aliphatic heterocycles. The Labute approximate surface area is 107 Å². The first-order valence-corrected chi connectivity index (χ1v) is 5.74. The Kier molecular flexibility index (Phi) is 7.96. The first-order chi connectivity index (χ1) is 8.06. The van der Waals surface area contributed by atoms with Gasteiger partial charge in [0.25, 0.3) is 5.17 Å². The van der Waals surface area contributed by atoms with Gasteiger partial charge in [-0.2, -0.15) is 0 Å². The van der Waals surface area contributed by atoms with Crippen molar-refractivity contribution in [3.8, 4) is 0 Å². The summed E-state index contributed by atoms with van der Waals surface area (Å²) in [5.41, 5.74) is 0. The van der Waals surface area contributed by atoms with Crippen molar-refractivity contribution >= 4 is 17.4 Å². The van der Waals surface area contributed by atoms with E-state index in [0.717, 1.165) is 0 Å². The average molecular weight is 258 g/mol. The number of thiocarbonyl (C=S) groups is 1. The molecule has 0 amide bonds. The van der Waals surface area contributed by atoms with Crippen LogP contribution in [0.15, 0.2) is 25.3 Å². The van der Waals surface area contributed by atoms with Crippen LogP contribution in [-0.2, 0) is 4.74 Å². The molecule has 1 atom stereocenters. The molecule has 0 aromatic heterocycles. The number of hydrogen-bond donors (Lipinski definition) is 0. The van der Waals surface area contributed by atoms with Crippen LogP contribution in [0.5, 0.6) is 0 Å². The summed E-state index contributed by atoms with van der Waals surface area (Å²) < 4.78 is 5.24. The fraction of sp³-hybridized carbons (Fsp3) is 0.545. The topological polar surface area (TPSA) is 55.6 Å². The Morgan fingerprint density at radius 2 is 2.06 bits per heavy atom. The molecule has 0 spiro atoms. The summed E-state index contributed by atoms with van der Waals surface area (Å²) in [4.78, 5) is 12.0. The minimum absolute atomic E-state index is 0.00683. The van der Waals surface area contributed by atoms with Crippen LogP contribution in [-0.4, -0.2) is 40.7 Å². The van der Waals surface area contributed by atoms with Crippen LogP contribution in [0.25, 0.3) is 0 Å². The van der Waals surface area contributed by atoms with Gasteiger partial charge in [-0.05, 0) is 12.2 Å². The lowest BCUT2D eigenvalue weighted by Gasteiger charge is -2.22. The third kappa shape index (κ3) is 6.01. The van der Waals surface area contributed by atoms with Crippen molar-refractivity contribution in [2.24, 2.45) is 0 Å². The molecular weight excluding hydrogens is 240 g/mol. The van der Waals surface area contributed by atoms with Crippen LogP contribution in [0.2, 0.25) is 0 Å². The van der Waals surface area contributed by atoms with Crippen LogP contribution < -0.4 is 0 Å². The van der Waals surface area contributed by atoms with Crippen molar-refractivity contribution in [1.29, 1.82) is 0 Å². The maximum Gasteiger partial charge on any atom is 0.260 e. The highest BCUT2D eigenvalue weighted by Crippen LogP contribution is 2.01. The normalized spacial score (nSPS) is 11.4. The predicted molar refractivity (Wildman–Crippen MR) is 71.6 cm³/mol. The summed E-state index contributed by atoms with van der Waals surface area (Å²) in [5, 5.41) is 10.8. The second-order valence-electron chi connectivity index (χ2n) is 3.41. The number of nitro groups is 1. The highest BCUT2D eigenvalue weighted by molar-refractivity contribution is 7.80. The molecule has 0 aromatic carbocycles. The quantitative estimate of drug-likeness (QED) is 0.288. The third-order valence-electron chi connectivity index (χ3n) is 2.13. The highest BCUT2D eigenvalue weighted by atomic mass is 32.1. The van der Waals surface area contributed by atoms with Gasteiger partial charge in [-0.15, -0.1) is 13.2 Å². The van der Waals surface area contributed by atoms with E-state index in [-0.39, 0.29) is 16.7 Å². The van der Waals surface area contributed by atoms with E-state index in [4.69, 9.17) is 17.0 Å². The van der Waals surface area contributed by atoms with Crippen LogP contribution in [0.4, 0.5) is 0 Å². The van der Waals surface area contributed by atoms with Crippen molar-refractivity contribution in [3.63, 3.8) is 0 Å². The van der Waals surface area contributed by atoms with Gasteiger partial charge in [0.15, 0.2) is 6.61 Å². The van der Waals surface area contributed by atoms with E-state index in [1.807, 2.05) is 0 Å². The lowest BCUT2D eigenvalue weighted by atomic mass is 10.2. The van der Waals surface area contributed by atoms with E-state index >= 15 is 0 Å². The predicted octanol–water partition coefficient (Wildman–Crippen LogP) is 2.02. The largest absolute Gasteiger partial charge is 0.464 e. The van der Waals surface area contributed by atoms with Crippen LogP contribution in [0.3, 0.4) is 0 Å². The number of hydrogen-bond acceptors (Lipinski definition) is 4. The second kappa shape index (κ2) is 8.69. The maximum absolute atomic E-state index is 10.6. The number of rotatable bonds is 8. The van der Waals surface area contributed by atoms with Gasteiger partial charge >= 0.3 is 0 Å².